The van der Waals surface area contributed by atoms with Gasteiger partial charge in [-0.3, -0.25) is 9.59 Å². The largest absolute Gasteiger partial charge is 0.383 e. The van der Waals surface area contributed by atoms with E-state index in [0.717, 1.165) is 5.56 Å². The minimum atomic E-state index is -2.98. The standard InChI is InChI=1S/C19H23F2N5O3/c1-13-4-3-5-14(8-13)18(28)26-12-19(20,21)9-15(26)10-25-11-16(23-24-25)17(27)22-6-7-29-2/h3-5,8,11,15H,6-7,9-10,12H2,1-2H3,(H,22,27). The third-order valence-corrected chi connectivity index (χ3v) is 4.66. The molecular formula is C19H23F2N5O3. The molecule has 0 saturated carbocycles. The third-order valence-electron chi connectivity index (χ3n) is 4.66. The highest BCUT2D eigenvalue weighted by Gasteiger charge is 2.47. The summed E-state index contributed by atoms with van der Waals surface area (Å²) >= 11 is 0. The van der Waals surface area contributed by atoms with Crippen LogP contribution in [-0.4, -0.2) is 70.5 Å². The molecule has 156 valence electrons. The predicted molar refractivity (Wildman–Crippen MR) is 99.8 cm³/mol. The molecule has 0 aliphatic carbocycles. The van der Waals surface area contributed by atoms with Crippen molar-refractivity contribution in [3.05, 3.63) is 47.3 Å². The number of ether oxygens (including phenoxy) is 1. The summed E-state index contributed by atoms with van der Waals surface area (Å²) in [4.78, 5) is 26.0. The lowest BCUT2D eigenvalue weighted by molar-refractivity contribution is 0.0117. The summed E-state index contributed by atoms with van der Waals surface area (Å²) in [5, 5.41) is 10.2. The number of carbonyl (C=O) groups excluding carboxylic acids is 2. The number of nitrogens with zero attached hydrogens (tertiary/aromatic N) is 4. The van der Waals surface area contributed by atoms with Gasteiger partial charge >= 0.3 is 0 Å². The number of aryl methyl sites for hydroxylation is 1. The Morgan fingerprint density at radius 1 is 1.38 bits per heavy atom. The van der Waals surface area contributed by atoms with E-state index < -0.39 is 36.7 Å². The number of aromatic nitrogens is 3. The molecule has 1 aromatic heterocycles. The topological polar surface area (TPSA) is 89.4 Å². The van der Waals surface area contributed by atoms with Crippen LogP contribution in [0.4, 0.5) is 8.78 Å². The highest BCUT2D eigenvalue weighted by molar-refractivity contribution is 5.95. The van der Waals surface area contributed by atoms with Crippen LogP contribution in [0.1, 0.15) is 32.8 Å². The van der Waals surface area contributed by atoms with Gasteiger partial charge in [-0.05, 0) is 19.1 Å². The summed E-state index contributed by atoms with van der Waals surface area (Å²) in [5.74, 6) is -3.86. The first-order valence-corrected chi connectivity index (χ1v) is 9.22. The van der Waals surface area contributed by atoms with E-state index in [1.54, 1.807) is 18.2 Å². The normalized spacial score (nSPS) is 18.1. The molecule has 1 unspecified atom stereocenters. The van der Waals surface area contributed by atoms with Crippen molar-refractivity contribution in [2.45, 2.75) is 31.9 Å². The molecule has 0 bridgehead atoms. The van der Waals surface area contributed by atoms with E-state index in [4.69, 9.17) is 4.74 Å². The molecule has 8 nitrogen and oxygen atoms in total. The molecule has 1 fully saturated rings. The fourth-order valence-electron chi connectivity index (χ4n) is 3.31. The molecule has 10 heteroatoms. The van der Waals surface area contributed by atoms with Crippen molar-refractivity contribution in [3.63, 3.8) is 0 Å². The summed E-state index contributed by atoms with van der Waals surface area (Å²) in [7, 11) is 1.52. The quantitative estimate of drug-likeness (QED) is 0.703. The monoisotopic (exact) mass is 407 g/mol. The summed E-state index contributed by atoms with van der Waals surface area (Å²) in [5.41, 5.74) is 1.31. The highest BCUT2D eigenvalue weighted by Crippen LogP contribution is 2.33. The Morgan fingerprint density at radius 2 is 2.17 bits per heavy atom. The molecular weight excluding hydrogens is 384 g/mol. The number of alkyl halides is 2. The van der Waals surface area contributed by atoms with E-state index in [1.165, 1.54) is 22.9 Å². The Kier molecular flexibility index (Phi) is 6.21. The number of carbonyl (C=O) groups is 2. The van der Waals surface area contributed by atoms with Gasteiger partial charge in [0.2, 0.25) is 0 Å². The molecule has 3 rings (SSSR count). The molecule has 2 aromatic rings. The third kappa shape index (κ3) is 5.14. The average Bonchev–Trinajstić information content (AvgIpc) is 3.25. The van der Waals surface area contributed by atoms with Crippen LogP contribution in [-0.2, 0) is 11.3 Å². The zero-order valence-electron chi connectivity index (χ0n) is 16.3. The van der Waals surface area contributed by atoms with Crippen molar-refractivity contribution in [3.8, 4) is 0 Å². The molecule has 1 aromatic carbocycles. The van der Waals surface area contributed by atoms with Gasteiger partial charge in [-0.25, -0.2) is 13.5 Å². The van der Waals surface area contributed by atoms with Crippen LogP contribution in [0.2, 0.25) is 0 Å². The number of hydrogen-bond acceptors (Lipinski definition) is 5. The molecule has 1 saturated heterocycles. The van der Waals surface area contributed by atoms with E-state index >= 15 is 0 Å². The predicted octanol–water partition coefficient (Wildman–Crippen LogP) is 1.51. The van der Waals surface area contributed by atoms with Gasteiger partial charge < -0.3 is 15.0 Å². The minimum absolute atomic E-state index is 0.0193. The van der Waals surface area contributed by atoms with Gasteiger partial charge in [-0.15, -0.1) is 5.10 Å². The summed E-state index contributed by atoms with van der Waals surface area (Å²) < 4.78 is 34.4. The number of hydrogen-bond donors (Lipinski definition) is 1. The van der Waals surface area contributed by atoms with E-state index in [1.807, 2.05) is 13.0 Å². The van der Waals surface area contributed by atoms with E-state index in [-0.39, 0.29) is 12.2 Å². The molecule has 2 amide bonds. The Bertz CT molecular complexity index is 886. The average molecular weight is 407 g/mol. The summed E-state index contributed by atoms with van der Waals surface area (Å²) in [6.07, 6.45) is 0.910. The lowest BCUT2D eigenvalue weighted by Crippen LogP contribution is -2.38. The number of likely N-dealkylation sites (tertiary alicyclic amines) is 1. The molecule has 1 N–H and O–H groups in total. The number of rotatable bonds is 7. The zero-order valence-corrected chi connectivity index (χ0v) is 16.3. The molecule has 0 spiro atoms. The Balaban J connectivity index is 1.71. The smallest absolute Gasteiger partial charge is 0.273 e. The first-order valence-electron chi connectivity index (χ1n) is 9.22. The van der Waals surface area contributed by atoms with Crippen LogP contribution in [0.5, 0.6) is 0 Å². The van der Waals surface area contributed by atoms with Gasteiger partial charge in [0.25, 0.3) is 17.7 Å². The maximum absolute atomic E-state index is 14.1. The summed E-state index contributed by atoms with van der Waals surface area (Å²) in [6, 6.07) is 6.08. The van der Waals surface area contributed by atoms with Gasteiger partial charge in [0.1, 0.15) is 0 Å². The van der Waals surface area contributed by atoms with Crippen molar-refractivity contribution in [2.24, 2.45) is 0 Å². The minimum Gasteiger partial charge on any atom is -0.383 e. The maximum atomic E-state index is 14.1. The molecule has 29 heavy (non-hydrogen) atoms. The van der Waals surface area contributed by atoms with Gasteiger partial charge in [0, 0.05) is 25.6 Å². The molecule has 1 atom stereocenters. The van der Waals surface area contributed by atoms with Gasteiger partial charge in [-0.2, -0.15) is 0 Å². The highest BCUT2D eigenvalue weighted by atomic mass is 19.3. The fourth-order valence-corrected chi connectivity index (χ4v) is 3.31. The second-order valence-electron chi connectivity index (χ2n) is 7.09. The second kappa shape index (κ2) is 8.64. The molecule has 1 aliphatic rings. The lowest BCUT2D eigenvalue weighted by Gasteiger charge is -2.24. The van der Waals surface area contributed by atoms with Crippen LogP contribution in [0.25, 0.3) is 0 Å². The first kappa shape index (κ1) is 20.8. The molecule has 1 aliphatic heterocycles. The van der Waals surface area contributed by atoms with E-state index in [9.17, 15) is 18.4 Å². The SMILES string of the molecule is COCCNC(=O)c1cn(CC2CC(F)(F)CN2C(=O)c2cccc(C)c2)nn1. The van der Waals surface area contributed by atoms with Gasteiger partial charge in [0.05, 0.1) is 31.9 Å². The van der Waals surface area contributed by atoms with Crippen LogP contribution < -0.4 is 5.32 Å². The van der Waals surface area contributed by atoms with Crippen molar-refractivity contribution >= 4 is 11.8 Å². The Hall–Kier alpha value is -2.88. The van der Waals surface area contributed by atoms with Crippen LogP contribution in [0.3, 0.4) is 0 Å². The number of halogens is 2. The first-order chi connectivity index (χ1) is 13.8. The fraction of sp³-hybridized carbons (Fsp3) is 0.474. The van der Waals surface area contributed by atoms with Gasteiger partial charge in [0.15, 0.2) is 5.69 Å². The molecule has 2 heterocycles. The van der Waals surface area contributed by atoms with Gasteiger partial charge in [-0.1, -0.05) is 22.9 Å². The number of benzene rings is 1. The van der Waals surface area contributed by atoms with Crippen molar-refractivity contribution in [1.29, 1.82) is 0 Å². The number of amides is 2. The van der Waals surface area contributed by atoms with Crippen LogP contribution in [0, 0.1) is 6.92 Å². The summed E-state index contributed by atoms with van der Waals surface area (Å²) in [6.45, 7) is 1.87. The van der Waals surface area contributed by atoms with Crippen LogP contribution >= 0.6 is 0 Å². The Labute approximate surface area is 166 Å². The molecule has 0 radical (unpaired) electrons. The number of nitrogens with one attached hydrogen (secondary N) is 1. The number of methoxy groups -OCH3 is 1. The Morgan fingerprint density at radius 3 is 2.90 bits per heavy atom. The van der Waals surface area contributed by atoms with Crippen LogP contribution in [0.15, 0.2) is 30.5 Å². The van der Waals surface area contributed by atoms with E-state index in [2.05, 4.69) is 15.6 Å². The lowest BCUT2D eigenvalue weighted by atomic mass is 10.1. The second-order valence-corrected chi connectivity index (χ2v) is 7.09. The zero-order chi connectivity index (χ0) is 21.0. The maximum Gasteiger partial charge on any atom is 0.273 e. The van der Waals surface area contributed by atoms with Crippen molar-refractivity contribution < 1.29 is 23.1 Å². The van der Waals surface area contributed by atoms with E-state index in [0.29, 0.717) is 18.7 Å². The van der Waals surface area contributed by atoms with Crippen molar-refractivity contribution in [2.75, 3.05) is 26.8 Å². The van der Waals surface area contributed by atoms with Crippen molar-refractivity contribution in [1.82, 2.24) is 25.2 Å².